The Hall–Kier alpha value is -2.72. The van der Waals surface area contributed by atoms with Crippen LogP contribution in [0, 0.1) is 10.1 Å². The monoisotopic (exact) mass is 351 g/mol. The standard InChI is InChI=1S/C13H9N3O5S2/c17-13-14-11-6-5-10(7-12(11)22-13)23(20,21)15-8-1-3-9(4-2-8)16(18)19/h1-7,15H,(H,14,17). The van der Waals surface area contributed by atoms with E-state index in [9.17, 15) is 23.3 Å². The molecule has 0 aliphatic rings. The Bertz CT molecular complexity index is 1050. The summed E-state index contributed by atoms with van der Waals surface area (Å²) in [6, 6.07) is 9.31. The van der Waals surface area contributed by atoms with Gasteiger partial charge in [0.2, 0.25) is 0 Å². The van der Waals surface area contributed by atoms with Gasteiger partial charge in [-0.2, -0.15) is 0 Å². The average Bonchev–Trinajstić information content (AvgIpc) is 2.86. The fourth-order valence-electron chi connectivity index (χ4n) is 1.96. The van der Waals surface area contributed by atoms with E-state index < -0.39 is 14.9 Å². The third-order valence-electron chi connectivity index (χ3n) is 3.03. The molecule has 0 saturated heterocycles. The number of H-pyrrole nitrogens is 1. The second-order valence-electron chi connectivity index (χ2n) is 4.58. The van der Waals surface area contributed by atoms with Crippen LogP contribution in [0.15, 0.2) is 52.2 Å². The summed E-state index contributed by atoms with van der Waals surface area (Å²) in [5.41, 5.74) is 0.638. The van der Waals surface area contributed by atoms with Gasteiger partial charge in [-0.05, 0) is 30.3 Å². The van der Waals surface area contributed by atoms with Crippen LogP contribution in [-0.2, 0) is 10.0 Å². The summed E-state index contributed by atoms with van der Waals surface area (Å²) < 4.78 is 27.6. The van der Waals surface area contributed by atoms with E-state index >= 15 is 0 Å². The number of hydrogen-bond donors (Lipinski definition) is 2. The summed E-state index contributed by atoms with van der Waals surface area (Å²) in [4.78, 5) is 23.6. The summed E-state index contributed by atoms with van der Waals surface area (Å²) >= 11 is 0.916. The normalized spacial score (nSPS) is 11.5. The number of sulfonamides is 1. The van der Waals surface area contributed by atoms with Gasteiger partial charge in [0, 0.05) is 17.8 Å². The molecule has 0 bridgehead atoms. The van der Waals surface area contributed by atoms with Gasteiger partial charge in [0.25, 0.3) is 15.7 Å². The van der Waals surface area contributed by atoms with E-state index in [0.717, 1.165) is 11.3 Å². The molecule has 0 saturated carbocycles. The van der Waals surface area contributed by atoms with Crippen molar-refractivity contribution in [2.24, 2.45) is 0 Å². The quantitative estimate of drug-likeness (QED) is 0.551. The van der Waals surface area contributed by atoms with E-state index in [1.54, 1.807) is 0 Å². The molecule has 0 aliphatic heterocycles. The number of thiazole rings is 1. The molecule has 118 valence electrons. The lowest BCUT2D eigenvalue weighted by Gasteiger charge is -2.07. The van der Waals surface area contributed by atoms with Crippen molar-refractivity contribution >= 4 is 43.0 Å². The van der Waals surface area contributed by atoms with E-state index in [4.69, 9.17) is 0 Å². The molecule has 2 N–H and O–H groups in total. The predicted octanol–water partition coefficient (Wildman–Crippen LogP) is 2.30. The zero-order valence-corrected chi connectivity index (χ0v) is 13.0. The molecule has 1 heterocycles. The van der Waals surface area contributed by atoms with Crippen LogP contribution in [0.4, 0.5) is 11.4 Å². The number of nitrogens with one attached hydrogen (secondary N) is 2. The average molecular weight is 351 g/mol. The molecule has 1 aromatic heterocycles. The van der Waals surface area contributed by atoms with Crippen LogP contribution < -0.4 is 9.60 Å². The molecule has 3 aromatic rings. The van der Waals surface area contributed by atoms with E-state index in [1.165, 1.54) is 42.5 Å². The molecule has 2 aromatic carbocycles. The molecule has 0 amide bonds. The first-order valence-electron chi connectivity index (χ1n) is 6.25. The topological polar surface area (TPSA) is 122 Å². The lowest BCUT2D eigenvalue weighted by Crippen LogP contribution is -2.12. The van der Waals surface area contributed by atoms with Crippen molar-refractivity contribution in [1.82, 2.24) is 4.98 Å². The van der Waals surface area contributed by atoms with Crippen LogP contribution in [0.3, 0.4) is 0 Å². The van der Waals surface area contributed by atoms with Crippen molar-refractivity contribution in [3.05, 3.63) is 62.2 Å². The van der Waals surface area contributed by atoms with Crippen LogP contribution in [-0.4, -0.2) is 18.3 Å². The number of nitro groups is 1. The molecule has 8 nitrogen and oxygen atoms in total. The number of aromatic nitrogens is 1. The number of anilines is 1. The molecule has 0 fully saturated rings. The molecule has 0 unspecified atom stereocenters. The van der Waals surface area contributed by atoms with Gasteiger partial charge in [-0.3, -0.25) is 19.6 Å². The molecule has 0 radical (unpaired) electrons. The fourth-order valence-corrected chi connectivity index (χ4v) is 3.89. The highest BCUT2D eigenvalue weighted by Gasteiger charge is 2.16. The highest BCUT2D eigenvalue weighted by molar-refractivity contribution is 7.92. The minimum absolute atomic E-state index is 0.00129. The lowest BCUT2D eigenvalue weighted by atomic mass is 10.3. The second-order valence-corrected chi connectivity index (χ2v) is 7.28. The number of fused-ring (bicyclic) bond motifs is 1. The Morgan fingerprint density at radius 2 is 1.83 bits per heavy atom. The molecule has 0 spiro atoms. The van der Waals surface area contributed by atoms with Crippen molar-refractivity contribution in [3.63, 3.8) is 0 Å². The summed E-state index contributed by atoms with van der Waals surface area (Å²) in [6.45, 7) is 0. The Morgan fingerprint density at radius 1 is 1.13 bits per heavy atom. The van der Waals surface area contributed by atoms with Gasteiger partial charge in [-0.1, -0.05) is 11.3 Å². The number of nitrogens with zero attached hydrogens (tertiary/aromatic N) is 1. The molecule has 23 heavy (non-hydrogen) atoms. The van der Waals surface area contributed by atoms with Crippen molar-refractivity contribution in [3.8, 4) is 0 Å². The van der Waals surface area contributed by atoms with Crippen LogP contribution in [0.5, 0.6) is 0 Å². The maximum atomic E-state index is 12.3. The van der Waals surface area contributed by atoms with Gasteiger partial charge in [-0.25, -0.2) is 8.42 Å². The number of aromatic amines is 1. The second kappa shape index (κ2) is 5.48. The summed E-state index contributed by atoms with van der Waals surface area (Å²) in [6.07, 6.45) is 0. The molecular formula is C13H9N3O5S2. The first kappa shape index (κ1) is 15.2. The molecule has 10 heteroatoms. The number of nitro benzene ring substituents is 1. The summed E-state index contributed by atoms with van der Waals surface area (Å²) in [5, 5.41) is 10.6. The van der Waals surface area contributed by atoms with E-state index in [1.807, 2.05) is 0 Å². The number of non-ortho nitro benzene ring substituents is 1. The first-order valence-corrected chi connectivity index (χ1v) is 8.55. The van der Waals surface area contributed by atoms with Crippen molar-refractivity contribution in [2.45, 2.75) is 4.90 Å². The molecule has 0 aliphatic carbocycles. The Labute approximate surface area is 133 Å². The van der Waals surface area contributed by atoms with Crippen molar-refractivity contribution in [2.75, 3.05) is 4.72 Å². The van der Waals surface area contributed by atoms with Crippen molar-refractivity contribution in [1.29, 1.82) is 0 Å². The van der Waals surface area contributed by atoms with Crippen LogP contribution in [0.2, 0.25) is 0 Å². The highest BCUT2D eigenvalue weighted by Crippen LogP contribution is 2.23. The highest BCUT2D eigenvalue weighted by atomic mass is 32.2. The third kappa shape index (κ3) is 3.07. The molecule has 0 atom stereocenters. The maximum absolute atomic E-state index is 12.3. The SMILES string of the molecule is O=c1[nH]c2ccc(S(=O)(=O)Nc3ccc([N+](=O)[O-])cc3)cc2s1. The maximum Gasteiger partial charge on any atom is 0.305 e. The number of benzene rings is 2. The smallest absolute Gasteiger partial charge is 0.305 e. The lowest BCUT2D eigenvalue weighted by molar-refractivity contribution is -0.384. The van der Waals surface area contributed by atoms with Gasteiger partial charge in [0.1, 0.15) is 0 Å². The third-order valence-corrected chi connectivity index (χ3v) is 5.26. The Morgan fingerprint density at radius 3 is 2.48 bits per heavy atom. The van der Waals surface area contributed by atoms with Gasteiger partial charge < -0.3 is 4.98 Å². The number of hydrogen-bond acceptors (Lipinski definition) is 6. The zero-order valence-electron chi connectivity index (χ0n) is 11.3. The van der Waals surface area contributed by atoms with E-state index in [0.29, 0.717) is 10.2 Å². The summed E-state index contributed by atoms with van der Waals surface area (Å²) in [5.74, 6) is 0. The van der Waals surface area contributed by atoms with Crippen molar-refractivity contribution < 1.29 is 13.3 Å². The zero-order chi connectivity index (χ0) is 16.6. The van der Waals surface area contributed by atoms with E-state index in [2.05, 4.69) is 9.71 Å². The Kier molecular flexibility index (Phi) is 3.62. The van der Waals surface area contributed by atoms with E-state index in [-0.39, 0.29) is 21.1 Å². The molecule has 3 rings (SSSR count). The van der Waals surface area contributed by atoms with Gasteiger partial charge in [0.05, 0.1) is 20.0 Å². The van der Waals surface area contributed by atoms with Crippen LogP contribution in [0.1, 0.15) is 0 Å². The van der Waals surface area contributed by atoms with Gasteiger partial charge in [-0.15, -0.1) is 0 Å². The minimum Gasteiger partial charge on any atom is -0.312 e. The summed E-state index contributed by atoms with van der Waals surface area (Å²) in [7, 11) is -3.86. The number of rotatable bonds is 4. The van der Waals surface area contributed by atoms with Crippen LogP contribution >= 0.6 is 11.3 Å². The largest absolute Gasteiger partial charge is 0.312 e. The Balaban J connectivity index is 1.93. The minimum atomic E-state index is -3.86. The molecular weight excluding hydrogens is 342 g/mol. The van der Waals surface area contributed by atoms with Gasteiger partial charge in [0.15, 0.2) is 0 Å². The van der Waals surface area contributed by atoms with Gasteiger partial charge >= 0.3 is 4.87 Å². The fraction of sp³-hybridized carbons (Fsp3) is 0. The predicted molar refractivity (Wildman–Crippen MR) is 86.4 cm³/mol. The first-order chi connectivity index (χ1) is 10.8. The van der Waals surface area contributed by atoms with Crippen LogP contribution in [0.25, 0.3) is 10.2 Å².